The standard InChI is InChI=1S/C19H21N.C2H2O4/c1-20(2)14-15-12-17-10-6-7-11-18(17)19(13-15)16-8-4-3-5-9-16;3-1(4)2(5)6/h3-11,13,15H,12,14H2,1-2H3;(H,3,4)(H,5,6)/p-2. The first-order valence-corrected chi connectivity index (χ1v) is 8.31. The van der Waals surface area contributed by atoms with Crippen molar-refractivity contribution in [1.29, 1.82) is 0 Å². The highest BCUT2D eigenvalue weighted by Crippen LogP contribution is 2.33. The van der Waals surface area contributed by atoms with Crippen LogP contribution in [-0.2, 0) is 16.0 Å². The molecule has 1 atom stereocenters. The number of nitrogens with zero attached hydrogens (tertiary/aromatic N) is 1. The zero-order chi connectivity index (χ0) is 19.1. The second-order valence-corrected chi connectivity index (χ2v) is 6.40. The Morgan fingerprint density at radius 2 is 1.54 bits per heavy atom. The van der Waals surface area contributed by atoms with E-state index in [1.807, 2.05) is 0 Å². The molecule has 0 spiro atoms. The lowest BCUT2D eigenvalue weighted by atomic mass is 9.82. The number of carbonyl (C=O) groups is 2. The number of carboxylic acids is 2. The van der Waals surface area contributed by atoms with Crippen molar-refractivity contribution in [3.8, 4) is 0 Å². The molecule has 5 heteroatoms. The van der Waals surface area contributed by atoms with Gasteiger partial charge >= 0.3 is 0 Å². The molecule has 0 radical (unpaired) electrons. The van der Waals surface area contributed by atoms with E-state index in [9.17, 15) is 0 Å². The second kappa shape index (κ2) is 8.97. The van der Waals surface area contributed by atoms with Gasteiger partial charge in [-0.25, -0.2) is 0 Å². The van der Waals surface area contributed by atoms with E-state index in [0.29, 0.717) is 5.92 Å². The van der Waals surface area contributed by atoms with Crippen LogP contribution in [0.15, 0.2) is 60.7 Å². The number of hydrogen-bond acceptors (Lipinski definition) is 5. The summed E-state index contributed by atoms with van der Waals surface area (Å²) in [6, 6.07) is 19.6. The lowest BCUT2D eigenvalue weighted by molar-refractivity contribution is -0.345. The minimum atomic E-state index is -2.19. The lowest BCUT2D eigenvalue weighted by Gasteiger charge is -2.26. The summed E-state index contributed by atoms with van der Waals surface area (Å²) in [5.41, 5.74) is 5.58. The van der Waals surface area contributed by atoms with Crippen LogP contribution in [0.2, 0.25) is 0 Å². The molecule has 26 heavy (non-hydrogen) atoms. The molecule has 0 bridgehead atoms. The van der Waals surface area contributed by atoms with Gasteiger partial charge in [0, 0.05) is 6.54 Å². The van der Waals surface area contributed by atoms with Gasteiger partial charge in [-0.05, 0) is 48.7 Å². The lowest BCUT2D eigenvalue weighted by Crippen LogP contribution is -2.42. The Morgan fingerprint density at radius 1 is 0.962 bits per heavy atom. The maximum Gasteiger partial charge on any atom is 0.0870 e. The molecule has 0 fully saturated rings. The highest BCUT2D eigenvalue weighted by molar-refractivity contribution is 6.25. The largest absolute Gasteiger partial charge is 0.543 e. The van der Waals surface area contributed by atoms with Crippen molar-refractivity contribution in [2.45, 2.75) is 6.42 Å². The molecule has 1 unspecified atom stereocenters. The van der Waals surface area contributed by atoms with E-state index >= 15 is 0 Å². The van der Waals surface area contributed by atoms with E-state index in [1.54, 1.807) is 0 Å². The third-order valence-electron chi connectivity index (χ3n) is 4.04. The predicted molar refractivity (Wildman–Crippen MR) is 95.7 cm³/mol. The first-order chi connectivity index (χ1) is 12.4. The molecular formula is C21H21NO4-2. The van der Waals surface area contributed by atoms with Gasteiger partial charge in [0.1, 0.15) is 0 Å². The Balaban J connectivity index is 0.000000352. The molecule has 0 aromatic heterocycles. The monoisotopic (exact) mass is 351 g/mol. The highest BCUT2D eigenvalue weighted by Gasteiger charge is 2.20. The van der Waals surface area contributed by atoms with E-state index in [4.69, 9.17) is 19.8 Å². The minimum absolute atomic E-state index is 0.593. The summed E-state index contributed by atoms with van der Waals surface area (Å²) in [4.78, 5) is 20.1. The Hall–Kier alpha value is -2.92. The first kappa shape index (κ1) is 19.4. The third-order valence-corrected chi connectivity index (χ3v) is 4.04. The predicted octanol–water partition coefficient (Wildman–Crippen LogP) is 0.338. The van der Waals surface area contributed by atoms with Crippen molar-refractivity contribution in [3.05, 3.63) is 77.4 Å². The molecular weight excluding hydrogens is 330 g/mol. The van der Waals surface area contributed by atoms with Gasteiger partial charge in [-0.15, -0.1) is 0 Å². The fourth-order valence-electron chi connectivity index (χ4n) is 3.08. The van der Waals surface area contributed by atoms with Gasteiger partial charge in [-0.1, -0.05) is 60.7 Å². The van der Waals surface area contributed by atoms with Crippen molar-refractivity contribution >= 4 is 17.5 Å². The maximum absolute atomic E-state index is 8.93. The molecule has 0 aliphatic heterocycles. The molecule has 3 rings (SSSR count). The Bertz CT molecular complexity index is 785. The summed E-state index contributed by atoms with van der Waals surface area (Å²) < 4.78 is 0. The van der Waals surface area contributed by atoms with Crippen molar-refractivity contribution in [3.63, 3.8) is 0 Å². The molecule has 0 N–H and O–H groups in total. The summed E-state index contributed by atoms with van der Waals surface area (Å²) in [6.07, 6.45) is 3.60. The van der Waals surface area contributed by atoms with Crippen molar-refractivity contribution in [1.82, 2.24) is 4.90 Å². The van der Waals surface area contributed by atoms with Gasteiger partial charge < -0.3 is 24.7 Å². The van der Waals surface area contributed by atoms with Crippen LogP contribution in [0.25, 0.3) is 5.57 Å². The number of aliphatic carboxylic acids is 2. The second-order valence-electron chi connectivity index (χ2n) is 6.40. The quantitative estimate of drug-likeness (QED) is 0.745. The Kier molecular flexibility index (Phi) is 6.69. The van der Waals surface area contributed by atoms with Gasteiger partial charge in [0.2, 0.25) is 0 Å². The summed E-state index contributed by atoms with van der Waals surface area (Å²) in [6.45, 7) is 1.10. The van der Waals surface area contributed by atoms with Crippen LogP contribution >= 0.6 is 0 Å². The summed E-state index contributed by atoms with van der Waals surface area (Å²) in [7, 11) is 4.30. The van der Waals surface area contributed by atoms with Gasteiger partial charge in [0.15, 0.2) is 0 Å². The van der Waals surface area contributed by atoms with Gasteiger partial charge in [-0.3, -0.25) is 0 Å². The van der Waals surface area contributed by atoms with Crippen LogP contribution < -0.4 is 10.2 Å². The number of fused-ring (bicyclic) bond motifs is 1. The van der Waals surface area contributed by atoms with Crippen LogP contribution in [0.5, 0.6) is 0 Å². The van der Waals surface area contributed by atoms with Crippen LogP contribution in [0, 0.1) is 5.92 Å². The smallest absolute Gasteiger partial charge is 0.0870 e. The third kappa shape index (κ3) is 5.29. The van der Waals surface area contributed by atoms with Crippen molar-refractivity contribution in [2.75, 3.05) is 20.6 Å². The van der Waals surface area contributed by atoms with Crippen LogP contribution in [0.3, 0.4) is 0 Å². The SMILES string of the molecule is CN(C)CC1C=C(c2ccccc2)c2ccccc2C1.O=C([O-])C(=O)[O-]. The molecule has 1 aliphatic carbocycles. The van der Waals surface area contributed by atoms with Gasteiger partial charge in [-0.2, -0.15) is 0 Å². The van der Waals surface area contributed by atoms with Crippen LogP contribution in [0.1, 0.15) is 16.7 Å². The fourth-order valence-corrected chi connectivity index (χ4v) is 3.08. The topological polar surface area (TPSA) is 83.5 Å². The van der Waals surface area contributed by atoms with E-state index in [2.05, 4.69) is 79.7 Å². The van der Waals surface area contributed by atoms with Gasteiger partial charge in [0.05, 0.1) is 11.9 Å². The summed E-state index contributed by atoms with van der Waals surface area (Å²) in [5, 5.41) is 17.9. The number of rotatable bonds is 3. The van der Waals surface area contributed by atoms with Crippen LogP contribution in [0.4, 0.5) is 0 Å². The molecule has 0 heterocycles. The molecule has 0 saturated carbocycles. The zero-order valence-corrected chi connectivity index (χ0v) is 14.8. The fraction of sp³-hybridized carbons (Fsp3) is 0.238. The number of benzene rings is 2. The van der Waals surface area contributed by atoms with E-state index in [0.717, 1.165) is 13.0 Å². The van der Waals surface area contributed by atoms with Crippen molar-refractivity contribution < 1.29 is 19.8 Å². The van der Waals surface area contributed by atoms with E-state index in [-0.39, 0.29) is 0 Å². The summed E-state index contributed by atoms with van der Waals surface area (Å²) >= 11 is 0. The molecule has 136 valence electrons. The number of carbonyl (C=O) groups excluding carboxylic acids is 2. The van der Waals surface area contributed by atoms with E-state index in [1.165, 1.54) is 22.3 Å². The van der Waals surface area contributed by atoms with Crippen molar-refractivity contribution in [2.24, 2.45) is 5.92 Å². The Labute approximate surface area is 153 Å². The average molecular weight is 351 g/mol. The number of carboxylic acid groups (broad SMARTS) is 2. The minimum Gasteiger partial charge on any atom is -0.543 e. The molecule has 5 nitrogen and oxygen atoms in total. The molecule has 2 aromatic carbocycles. The summed E-state index contributed by atoms with van der Waals surface area (Å²) in [5.74, 6) is -3.78. The molecule has 2 aromatic rings. The number of hydrogen-bond donors (Lipinski definition) is 0. The maximum atomic E-state index is 8.93. The normalized spacial score (nSPS) is 15.3. The molecule has 0 saturated heterocycles. The Morgan fingerprint density at radius 3 is 2.12 bits per heavy atom. The van der Waals surface area contributed by atoms with Gasteiger partial charge in [0.25, 0.3) is 0 Å². The molecule has 1 aliphatic rings. The zero-order valence-electron chi connectivity index (χ0n) is 14.8. The molecule has 0 amide bonds. The first-order valence-electron chi connectivity index (χ1n) is 8.31. The average Bonchev–Trinajstić information content (AvgIpc) is 2.61. The van der Waals surface area contributed by atoms with Crippen LogP contribution in [-0.4, -0.2) is 37.5 Å². The highest BCUT2D eigenvalue weighted by atomic mass is 16.4. The van der Waals surface area contributed by atoms with E-state index < -0.39 is 11.9 Å².